The van der Waals surface area contributed by atoms with Crippen molar-refractivity contribution in [1.82, 2.24) is 10.3 Å². The number of amides is 1. The van der Waals surface area contributed by atoms with Crippen molar-refractivity contribution in [2.75, 3.05) is 0 Å². The van der Waals surface area contributed by atoms with Crippen molar-refractivity contribution in [1.29, 1.82) is 0 Å². The van der Waals surface area contributed by atoms with Crippen LogP contribution in [0.1, 0.15) is 17.7 Å². The summed E-state index contributed by atoms with van der Waals surface area (Å²) in [5.41, 5.74) is 0.0566. The normalized spacial score (nSPS) is 19.7. The van der Waals surface area contributed by atoms with E-state index in [1.165, 1.54) is 29.5 Å². The number of carbonyl (C=O) groups is 2. The Kier molecular flexibility index (Phi) is 7.16. The summed E-state index contributed by atoms with van der Waals surface area (Å²) >= 11 is 12.0. The molecule has 5 nitrogen and oxygen atoms in total. The van der Waals surface area contributed by atoms with Gasteiger partial charge in [0.05, 0.1) is 15.2 Å². The molecule has 2 aromatic heterocycles. The summed E-state index contributed by atoms with van der Waals surface area (Å²) in [6, 6.07) is 18.4. The Hall–Kier alpha value is -2.72. The van der Waals surface area contributed by atoms with Gasteiger partial charge in [-0.25, -0.2) is 9.37 Å². The van der Waals surface area contributed by atoms with Crippen LogP contribution in [0.2, 0.25) is 5.02 Å². The molecule has 0 radical (unpaired) electrons. The third-order valence-corrected chi connectivity index (χ3v) is 8.73. The summed E-state index contributed by atoms with van der Waals surface area (Å²) in [7, 11) is 0. The standard InChI is InChI=1S/C26H17BrClFN2O3S2/c27-17-12-16(8-9-19(17)29)34-23-7-3-6-22(30-23)26(15-10-11-35-14-15)13-20(32)24(25(33)31-26)36-21-5-2-1-4-18(21)28/h1-12,14,24H,13H2,(H,31,33). The highest BCUT2D eigenvalue weighted by Crippen LogP contribution is 2.41. The van der Waals surface area contributed by atoms with Gasteiger partial charge >= 0.3 is 0 Å². The Balaban J connectivity index is 1.48. The van der Waals surface area contributed by atoms with Gasteiger partial charge in [0.2, 0.25) is 11.8 Å². The van der Waals surface area contributed by atoms with Gasteiger partial charge in [-0.15, -0.1) is 11.8 Å². The molecule has 1 saturated heterocycles. The Morgan fingerprint density at radius 1 is 1.14 bits per heavy atom. The SMILES string of the molecule is O=C1CC(c2ccsc2)(c2cccc(Oc3ccc(F)c(Br)c3)n2)NC(=O)C1Sc1ccccc1Cl. The van der Waals surface area contributed by atoms with Gasteiger partial charge in [0.25, 0.3) is 0 Å². The molecule has 0 spiro atoms. The summed E-state index contributed by atoms with van der Waals surface area (Å²) < 4.78 is 19.7. The quantitative estimate of drug-likeness (QED) is 0.241. The van der Waals surface area contributed by atoms with Crippen LogP contribution in [0.3, 0.4) is 0 Å². The molecule has 2 aromatic carbocycles. The summed E-state index contributed by atoms with van der Waals surface area (Å²) in [6.07, 6.45) is 0.0101. The molecular weight excluding hydrogens is 587 g/mol. The van der Waals surface area contributed by atoms with Crippen LogP contribution in [-0.4, -0.2) is 21.9 Å². The Morgan fingerprint density at radius 3 is 2.69 bits per heavy atom. The lowest BCUT2D eigenvalue weighted by atomic mass is 9.79. The topological polar surface area (TPSA) is 68.3 Å². The van der Waals surface area contributed by atoms with E-state index < -0.39 is 22.5 Å². The molecule has 1 fully saturated rings. The number of nitrogens with one attached hydrogen (secondary N) is 1. The fraction of sp³-hybridized carbons (Fsp3) is 0.115. The number of hydrogen-bond acceptors (Lipinski definition) is 6. The molecule has 1 aliphatic heterocycles. The number of aromatic nitrogens is 1. The van der Waals surface area contributed by atoms with Gasteiger partial charge in [0.15, 0.2) is 5.78 Å². The first-order valence-corrected chi connectivity index (χ1v) is 13.7. The largest absolute Gasteiger partial charge is 0.439 e. The lowest BCUT2D eigenvalue weighted by Gasteiger charge is -2.39. The van der Waals surface area contributed by atoms with Crippen molar-refractivity contribution in [3.05, 3.63) is 104 Å². The molecule has 1 aliphatic rings. The van der Waals surface area contributed by atoms with E-state index in [4.69, 9.17) is 16.3 Å². The maximum atomic E-state index is 13.6. The highest BCUT2D eigenvalue weighted by Gasteiger charge is 2.48. The first-order valence-electron chi connectivity index (χ1n) is 10.7. The van der Waals surface area contributed by atoms with Crippen LogP contribution in [0.15, 0.2) is 86.9 Å². The van der Waals surface area contributed by atoms with Gasteiger partial charge in [-0.2, -0.15) is 11.3 Å². The fourth-order valence-corrected chi connectivity index (χ4v) is 6.29. The monoisotopic (exact) mass is 602 g/mol. The maximum absolute atomic E-state index is 13.6. The van der Waals surface area contributed by atoms with Crippen molar-refractivity contribution in [3.63, 3.8) is 0 Å². The lowest BCUT2D eigenvalue weighted by Crippen LogP contribution is -2.58. The van der Waals surface area contributed by atoms with Crippen LogP contribution in [-0.2, 0) is 15.1 Å². The zero-order valence-corrected chi connectivity index (χ0v) is 22.4. The van der Waals surface area contributed by atoms with Gasteiger partial charge in [0, 0.05) is 17.4 Å². The van der Waals surface area contributed by atoms with E-state index in [1.54, 1.807) is 36.4 Å². The van der Waals surface area contributed by atoms with Gasteiger partial charge < -0.3 is 10.1 Å². The van der Waals surface area contributed by atoms with Crippen LogP contribution in [0.4, 0.5) is 4.39 Å². The number of piperidine rings is 1. The molecule has 182 valence electrons. The first kappa shape index (κ1) is 25.0. The van der Waals surface area contributed by atoms with Gasteiger partial charge in [-0.3, -0.25) is 9.59 Å². The van der Waals surface area contributed by atoms with Crippen molar-refractivity contribution in [2.45, 2.75) is 22.1 Å². The van der Waals surface area contributed by atoms with Gasteiger partial charge in [-0.1, -0.05) is 29.8 Å². The van der Waals surface area contributed by atoms with Crippen LogP contribution >= 0.6 is 50.6 Å². The van der Waals surface area contributed by atoms with Crippen molar-refractivity contribution >= 4 is 62.3 Å². The van der Waals surface area contributed by atoms with E-state index in [1.807, 2.05) is 22.9 Å². The van der Waals surface area contributed by atoms with E-state index in [-0.39, 0.29) is 22.6 Å². The van der Waals surface area contributed by atoms with E-state index in [0.717, 1.165) is 17.3 Å². The molecule has 0 aliphatic carbocycles. The third-order valence-electron chi connectivity index (χ3n) is 5.68. The second kappa shape index (κ2) is 10.3. The van der Waals surface area contributed by atoms with Crippen LogP contribution < -0.4 is 10.1 Å². The molecule has 2 atom stereocenters. The summed E-state index contributed by atoms with van der Waals surface area (Å²) in [6.45, 7) is 0. The first-order chi connectivity index (χ1) is 17.4. The molecule has 4 aromatic rings. The van der Waals surface area contributed by atoms with E-state index in [0.29, 0.717) is 21.4 Å². The number of pyridine rings is 1. The minimum atomic E-state index is -1.16. The van der Waals surface area contributed by atoms with Crippen LogP contribution in [0, 0.1) is 5.82 Å². The van der Waals surface area contributed by atoms with Crippen LogP contribution in [0.5, 0.6) is 11.6 Å². The molecule has 5 rings (SSSR count). The second-order valence-corrected chi connectivity index (χ2v) is 11.2. The molecule has 3 heterocycles. The molecule has 1 N–H and O–H groups in total. The minimum Gasteiger partial charge on any atom is -0.439 e. The molecular formula is C26H17BrClFN2O3S2. The number of halogens is 3. The highest BCUT2D eigenvalue weighted by atomic mass is 79.9. The fourth-order valence-electron chi connectivity index (χ4n) is 3.96. The summed E-state index contributed by atoms with van der Waals surface area (Å²) in [5.74, 6) is -0.427. The summed E-state index contributed by atoms with van der Waals surface area (Å²) in [5, 5.41) is 6.40. The number of ether oxygens (including phenoxy) is 1. The molecule has 2 unspecified atom stereocenters. The Morgan fingerprint density at radius 2 is 1.97 bits per heavy atom. The molecule has 10 heteroatoms. The van der Waals surface area contributed by atoms with Crippen molar-refractivity contribution < 1.29 is 18.7 Å². The van der Waals surface area contributed by atoms with E-state index in [2.05, 4.69) is 26.2 Å². The van der Waals surface area contributed by atoms with Gasteiger partial charge in [0.1, 0.15) is 22.4 Å². The summed E-state index contributed by atoms with van der Waals surface area (Å²) in [4.78, 5) is 32.1. The zero-order valence-electron chi connectivity index (χ0n) is 18.4. The molecule has 36 heavy (non-hydrogen) atoms. The number of rotatable bonds is 6. The zero-order chi connectivity index (χ0) is 25.3. The maximum Gasteiger partial charge on any atom is 0.242 e. The van der Waals surface area contributed by atoms with E-state index >= 15 is 0 Å². The smallest absolute Gasteiger partial charge is 0.242 e. The average Bonchev–Trinajstić information content (AvgIpc) is 3.41. The molecule has 1 amide bonds. The minimum absolute atomic E-state index is 0.0101. The number of hydrogen-bond donors (Lipinski definition) is 1. The Bertz CT molecular complexity index is 1430. The number of nitrogens with zero attached hydrogens (tertiary/aromatic N) is 1. The predicted molar refractivity (Wildman–Crippen MR) is 142 cm³/mol. The average molecular weight is 604 g/mol. The number of thioether (sulfide) groups is 1. The Labute approximate surface area is 228 Å². The highest BCUT2D eigenvalue weighted by molar-refractivity contribution is 9.10. The number of benzene rings is 2. The number of carbonyl (C=O) groups excluding carboxylic acids is 2. The third kappa shape index (κ3) is 4.93. The predicted octanol–water partition coefficient (Wildman–Crippen LogP) is 6.98. The second-order valence-electron chi connectivity index (χ2n) is 8.02. The van der Waals surface area contributed by atoms with Crippen LogP contribution in [0.25, 0.3) is 0 Å². The van der Waals surface area contributed by atoms with Gasteiger partial charge in [-0.05, 0) is 74.7 Å². The molecule has 0 bridgehead atoms. The van der Waals surface area contributed by atoms with Crippen molar-refractivity contribution in [2.24, 2.45) is 0 Å². The number of Topliss-reactive ketones (excluding diaryl/α,β-unsaturated/α-hetero) is 1. The van der Waals surface area contributed by atoms with E-state index in [9.17, 15) is 14.0 Å². The molecule has 0 saturated carbocycles. The number of thiophene rings is 1. The number of ketones is 1. The lowest BCUT2D eigenvalue weighted by molar-refractivity contribution is -0.133. The van der Waals surface area contributed by atoms with Crippen molar-refractivity contribution in [3.8, 4) is 11.6 Å².